The molecule has 9 heteroatoms. The molecule has 1 heterocycles. The number of esters is 1. The van der Waals surface area contributed by atoms with Gasteiger partial charge in [0, 0.05) is 0 Å². The van der Waals surface area contributed by atoms with Crippen molar-refractivity contribution in [1.82, 2.24) is 4.98 Å². The van der Waals surface area contributed by atoms with Gasteiger partial charge < -0.3 is 14.9 Å². The smallest absolute Gasteiger partial charge is 0.400 e. The topological polar surface area (TPSA) is 82.3 Å². The van der Waals surface area contributed by atoms with Gasteiger partial charge in [-0.1, -0.05) is 0 Å². The van der Waals surface area contributed by atoms with Gasteiger partial charge in [0.2, 0.25) is 5.82 Å². The van der Waals surface area contributed by atoms with E-state index in [9.17, 15) is 28.1 Å². The van der Waals surface area contributed by atoms with Crippen LogP contribution in [0.2, 0.25) is 0 Å². The first-order valence-electron chi connectivity index (χ1n) is 4.09. The molecular formula is C8H5F3N2O4. The van der Waals surface area contributed by atoms with Gasteiger partial charge in [0.25, 0.3) is 12.1 Å². The Morgan fingerprint density at radius 3 is 2.59 bits per heavy atom. The third kappa shape index (κ3) is 2.49. The number of aromatic nitrogens is 1. The zero-order valence-electron chi connectivity index (χ0n) is 8.32. The lowest BCUT2D eigenvalue weighted by atomic mass is 10.2. The number of halogens is 3. The van der Waals surface area contributed by atoms with Crippen LogP contribution in [-0.2, 0) is 4.74 Å². The number of alkyl halides is 2. The van der Waals surface area contributed by atoms with Gasteiger partial charge in [0.1, 0.15) is 0 Å². The van der Waals surface area contributed by atoms with Crippen LogP contribution in [0.3, 0.4) is 0 Å². The maximum atomic E-state index is 13.0. The number of carbonyl (C=O) groups excluding carboxylic acids is 1. The lowest BCUT2D eigenvalue weighted by molar-refractivity contribution is -0.392. The highest BCUT2D eigenvalue weighted by Gasteiger charge is 2.31. The monoisotopic (exact) mass is 250 g/mol. The summed E-state index contributed by atoms with van der Waals surface area (Å²) in [5.74, 6) is -4.16. The Balaban J connectivity index is 3.47. The second kappa shape index (κ2) is 4.76. The Bertz CT molecular complexity index is 478. The highest BCUT2D eigenvalue weighted by molar-refractivity contribution is 5.89. The molecule has 1 aromatic rings. The van der Waals surface area contributed by atoms with Crippen LogP contribution in [0.1, 0.15) is 22.5 Å². The number of methoxy groups -OCH3 is 1. The van der Waals surface area contributed by atoms with Crippen molar-refractivity contribution in [2.75, 3.05) is 7.11 Å². The maximum absolute atomic E-state index is 13.0. The minimum Gasteiger partial charge on any atom is -0.463 e. The molecule has 1 rings (SSSR count). The van der Waals surface area contributed by atoms with Crippen LogP contribution >= 0.6 is 0 Å². The third-order valence-corrected chi connectivity index (χ3v) is 1.77. The number of nitrogens with zero attached hydrogens (tertiary/aromatic N) is 2. The number of ether oxygens (including phenoxy) is 1. The Morgan fingerprint density at radius 1 is 1.59 bits per heavy atom. The largest absolute Gasteiger partial charge is 0.463 e. The van der Waals surface area contributed by atoms with Gasteiger partial charge >= 0.3 is 11.8 Å². The summed E-state index contributed by atoms with van der Waals surface area (Å²) in [6.45, 7) is 0. The summed E-state index contributed by atoms with van der Waals surface area (Å²) < 4.78 is 42.0. The molecule has 0 fully saturated rings. The fraction of sp³-hybridized carbons (Fsp3) is 0.250. The second-order valence-corrected chi connectivity index (χ2v) is 2.78. The van der Waals surface area contributed by atoms with E-state index in [0.717, 1.165) is 7.11 Å². The molecule has 0 N–H and O–H groups in total. The zero-order chi connectivity index (χ0) is 13.2. The first-order valence-corrected chi connectivity index (χ1v) is 4.09. The van der Waals surface area contributed by atoms with Crippen molar-refractivity contribution in [3.8, 4) is 0 Å². The summed E-state index contributed by atoms with van der Waals surface area (Å²) in [6, 6.07) is 0.196. The van der Waals surface area contributed by atoms with Gasteiger partial charge in [-0.3, -0.25) is 0 Å². The van der Waals surface area contributed by atoms with Crippen molar-refractivity contribution >= 4 is 11.8 Å². The Labute approximate surface area is 92.2 Å². The van der Waals surface area contributed by atoms with Gasteiger partial charge in [-0.15, -0.1) is 0 Å². The quantitative estimate of drug-likeness (QED) is 0.464. The lowest BCUT2D eigenvalue weighted by Gasteiger charge is -2.03. The molecule has 0 saturated carbocycles. The summed E-state index contributed by atoms with van der Waals surface area (Å²) in [5, 5.41) is 10.3. The molecule has 0 amide bonds. The van der Waals surface area contributed by atoms with E-state index in [4.69, 9.17) is 0 Å². The van der Waals surface area contributed by atoms with Crippen molar-refractivity contribution in [3.05, 3.63) is 33.3 Å². The number of rotatable bonds is 3. The molecule has 0 atom stereocenters. The minimum absolute atomic E-state index is 0.196. The normalized spacial score (nSPS) is 10.4. The van der Waals surface area contributed by atoms with Crippen molar-refractivity contribution in [2.45, 2.75) is 6.43 Å². The van der Waals surface area contributed by atoms with E-state index in [2.05, 4.69) is 9.72 Å². The van der Waals surface area contributed by atoms with E-state index in [-0.39, 0.29) is 6.07 Å². The molecule has 0 aliphatic carbocycles. The van der Waals surface area contributed by atoms with E-state index < -0.39 is 40.2 Å². The third-order valence-electron chi connectivity index (χ3n) is 1.77. The molecule has 0 aliphatic rings. The van der Waals surface area contributed by atoms with Crippen molar-refractivity contribution in [1.29, 1.82) is 0 Å². The molecule has 0 unspecified atom stereocenters. The van der Waals surface area contributed by atoms with Crippen LogP contribution in [0, 0.1) is 15.9 Å². The van der Waals surface area contributed by atoms with Crippen LogP contribution in [0.25, 0.3) is 0 Å². The van der Waals surface area contributed by atoms with Gasteiger partial charge in [-0.25, -0.2) is 13.6 Å². The predicted octanol–water partition coefficient (Wildman–Crippen LogP) is 1.85. The summed E-state index contributed by atoms with van der Waals surface area (Å²) in [6.07, 6.45) is -3.20. The molecule has 0 aromatic carbocycles. The number of hydrogen-bond donors (Lipinski definition) is 0. The van der Waals surface area contributed by atoms with Crippen LogP contribution in [0.5, 0.6) is 0 Å². The van der Waals surface area contributed by atoms with Crippen LogP contribution < -0.4 is 0 Å². The van der Waals surface area contributed by atoms with E-state index in [1.165, 1.54) is 0 Å². The highest BCUT2D eigenvalue weighted by Crippen LogP contribution is 2.26. The van der Waals surface area contributed by atoms with E-state index in [0.29, 0.717) is 0 Å². The molecule has 6 nitrogen and oxygen atoms in total. The fourth-order valence-electron chi connectivity index (χ4n) is 1.05. The first-order chi connectivity index (χ1) is 7.88. The Morgan fingerprint density at radius 2 is 2.18 bits per heavy atom. The SMILES string of the molecule is COC(=O)c1nc([N+](=O)[O-])c(F)cc1C(F)F. The summed E-state index contributed by atoms with van der Waals surface area (Å²) in [4.78, 5) is 23.1. The predicted molar refractivity (Wildman–Crippen MR) is 47.1 cm³/mol. The first kappa shape index (κ1) is 12.9. The Kier molecular flexibility index (Phi) is 3.61. The number of carbonyl (C=O) groups is 1. The standard InChI is InChI=1S/C8H5F3N2O4/c1-17-8(14)5-3(6(10)11)2-4(9)7(12-5)13(15)16/h2,6H,1H3. The second-order valence-electron chi connectivity index (χ2n) is 2.78. The van der Waals surface area contributed by atoms with Crippen molar-refractivity contribution in [2.24, 2.45) is 0 Å². The van der Waals surface area contributed by atoms with Crippen LogP contribution in [0.4, 0.5) is 19.0 Å². The Hall–Kier alpha value is -2.19. The molecule has 0 spiro atoms. The summed E-state index contributed by atoms with van der Waals surface area (Å²) in [7, 11) is 0.883. The van der Waals surface area contributed by atoms with E-state index >= 15 is 0 Å². The number of nitro groups is 1. The lowest BCUT2D eigenvalue weighted by Crippen LogP contribution is -2.12. The number of hydrogen-bond acceptors (Lipinski definition) is 5. The fourth-order valence-corrected chi connectivity index (χ4v) is 1.05. The average molecular weight is 250 g/mol. The van der Waals surface area contributed by atoms with Gasteiger partial charge in [0.05, 0.1) is 12.7 Å². The van der Waals surface area contributed by atoms with E-state index in [1.807, 2.05) is 0 Å². The van der Waals surface area contributed by atoms with Gasteiger partial charge in [-0.2, -0.15) is 4.39 Å². The van der Waals surface area contributed by atoms with Crippen molar-refractivity contribution < 1.29 is 27.6 Å². The highest BCUT2D eigenvalue weighted by atomic mass is 19.3. The maximum Gasteiger partial charge on any atom is 0.400 e. The average Bonchev–Trinajstić information content (AvgIpc) is 2.26. The molecule has 0 saturated heterocycles. The van der Waals surface area contributed by atoms with Gasteiger partial charge in [0.15, 0.2) is 0 Å². The molecule has 17 heavy (non-hydrogen) atoms. The summed E-state index contributed by atoms with van der Waals surface area (Å²) in [5.41, 5.74) is -2.03. The van der Waals surface area contributed by atoms with Crippen molar-refractivity contribution in [3.63, 3.8) is 0 Å². The molecule has 92 valence electrons. The molecule has 0 aliphatic heterocycles. The molecular weight excluding hydrogens is 245 g/mol. The molecule has 0 radical (unpaired) electrons. The minimum atomic E-state index is -3.20. The zero-order valence-corrected chi connectivity index (χ0v) is 8.32. The summed E-state index contributed by atoms with van der Waals surface area (Å²) >= 11 is 0. The van der Waals surface area contributed by atoms with E-state index in [1.54, 1.807) is 0 Å². The number of pyridine rings is 1. The van der Waals surface area contributed by atoms with Gasteiger partial charge in [-0.05, 0) is 16.0 Å². The van der Waals surface area contributed by atoms with Crippen LogP contribution in [-0.4, -0.2) is 23.0 Å². The van der Waals surface area contributed by atoms with Crippen LogP contribution in [0.15, 0.2) is 6.07 Å². The molecule has 1 aromatic heterocycles. The molecule has 0 bridgehead atoms.